The third-order valence-corrected chi connectivity index (χ3v) is 4.15. The number of hydrogen-bond acceptors (Lipinski definition) is 4. The molecule has 0 aromatic carbocycles. The summed E-state index contributed by atoms with van der Waals surface area (Å²) in [6.45, 7) is 1.47. The lowest BCUT2D eigenvalue weighted by atomic mass is 9.74. The minimum atomic E-state index is -0.861. The van der Waals surface area contributed by atoms with Gasteiger partial charge in [0.05, 0.1) is 18.3 Å². The normalized spacial score (nSPS) is 30.1. The maximum absolute atomic E-state index is 12.2. The number of carboxylic acid groups (broad SMARTS) is 1. The topological polar surface area (TPSA) is 80.0 Å². The van der Waals surface area contributed by atoms with E-state index in [-0.39, 0.29) is 24.1 Å². The van der Waals surface area contributed by atoms with Gasteiger partial charge in [0.25, 0.3) is 5.91 Å². The summed E-state index contributed by atoms with van der Waals surface area (Å²) < 4.78 is 10.4. The quantitative estimate of drug-likeness (QED) is 0.857. The molecule has 1 amide bonds. The first-order chi connectivity index (χ1) is 9.13. The summed E-state index contributed by atoms with van der Waals surface area (Å²) in [5.74, 6) is -0.978. The van der Waals surface area contributed by atoms with E-state index in [2.05, 4.69) is 0 Å². The average molecular weight is 265 g/mol. The summed E-state index contributed by atoms with van der Waals surface area (Å²) in [5.41, 5.74) is -0.861. The van der Waals surface area contributed by atoms with Crippen LogP contribution in [0.25, 0.3) is 0 Å². The van der Waals surface area contributed by atoms with Gasteiger partial charge in [-0.2, -0.15) is 0 Å². The monoisotopic (exact) mass is 265 g/mol. The van der Waals surface area contributed by atoms with Gasteiger partial charge in [0.2, 0.25) is 0 Å². The van der Waals surface area contributed by atoms with Crippen molar-refractivity contribution < 1.29 is 23.8 Å². The highest BCUT2D eigenvalue weighted by Crippen LogP contribution is 2.42. The molecule has 2 aliphatic heterocycles. The number of nitrogens with zero attached hydrogens (tertiary/aromatic N) is 1. The largest absolute Gasteiger partial charge is 0.481 e. The predicted octanol–water partition coefficient (Wildman–Crippen LogP) is 0.843. The van der Waals surface area contributed by atoms with Crippen molar-refractivity contribution in [1.82, 2.24) is 4.90 Å². The first-order valence-electron chi connectivity index (χ1n) is 6.27. The fraction of sp³-hybridized carbons (Fsp3) is 0.538. The maximum atomic E-state index is 12.2. The van der Waals surface area contributed by atoms with E-state index in [9.17, 15) is 14.7 Å². The second-order valence-corrected chi connectivity index (χ2v) is 5.15. The van der Waals surface area contributed by atoms with Gasteiger partial charge >= 0.3 is 5.97 Å². The van der Waals surface area contributed by atoms with Crippen LogP contribution in [-0.4, -0.2) is 48.2 Å². The van der Waals surface area contributed by atoms with E-state index < -0.39 is 11.4 Å². The summed E-state index contributed by atoms with van der Waals surface area (Å²) in [7, 11) is 0. The lowest BCUT2D eigenvalue weighted by molar-refractivity contribution is -0.157. The van der Waals surface area contributed by atoms with E-state index in [1.165, 1.54) is 6.26 Å². The molecule has 2 fully saturated rings. The van der Waals surface area contributed by atoms with Crippen LogP contribution in [0.4, 0.5) is 0 Å². The summed E-state index contributed by atoms with van der Waals surface area (Å²) in [6, 6.07) is 3.24. The first kappa shape index (κ1) is 12.2. The maximum Gasteiger partial charge on any atom is 0.311 e. The smallest absolute Gasteiger partial charge is 0.311 e. The van der Waals surface area contributed by atoms with Gasteiger partial charge in [0.1, 0.15) is 0 Å². The summed E-state index contributed by atoms with van der Waals surface area (Å²) in [5, 5.41) is 9.51. The van der Waals surface area contributed by atoms with Crippen molar-refractivity contribution in [3.8, 4) is 0 Å². The van der Waals surface area contributed by atoms with Crippen LogP contribution in [0.3, 0.4) is 0 Å². The number of amides is 1. The van der Waals surface area contributed by atoms with Crippen molar-refractivity contribution >= 4 is 11.9 Å². The Morgan fingerprint density at radius 2 is 2.32 bits per heavy atom. The van der Waals surface area contributed by atoms with Crippen LogP contribution in [0.15, 0.2) is 22.8 Å². The molecule has 0 bridgehead atoms. The molecule has 1 aromatic heterocycles. The molecule has 0 unspecified atom stereocenters. The lowest BCUT2D eigenvalue weighted by Crippen LogP contribution is -2.45. The Kier molecular flexibility index (Phi) is 2.82. The Morgan fingerprint density at radius 1 is 1.47 bits per heavy atom. The molecule has 0 saturated carbocycles. The lowest BCUT2D eigenvalue weighted by Gasteiger charge is -2.33. The molecular weight excluding hydrogens is 250 g/mol. The number of carboxylic acids is 1. The predicted molar refractivity (Wildman–Crippen MR) is 63.6 cm³/mol. The number of carbonyl (C=O) groups excluding carboxylic acids is 1. The van der Waals surface area contributed by atoms with E-state index in [1.807, 2.05) is 0 Å². The van der Waals surface area contributed by atoms with Crippen LogP contribution in [0.5, 0.6) is 0 Å². The van der Waals surface area contributed by atoms with E-state index >= 15 is 0 Å². The van der Waals surface area contributed by atoms with Crippen molar-refractivity contribution in [3.63, 3.8) is 0 Å². The average Bonchev–Trinajstić information content (AvgIpc) is 3.05. The Bertz CT molecular complexity index is 497. The highest BCUT2D eigenvalue weighted by molar-refractivity contribution is 5.92. The Labute approximate surface area is 109 Å². The Balaban J connectivity index is 1.84. The zero-order chi connectivity index (χ0) is 13.5. The van der Waals surface area contributed by atoms with Crippen LogP contribution in [0, 0.1) is 11.3 Å². The minimum Gasteiger partial charge on any atom is -0.481 e. The molecule has 1 aromatic rings. The van der Waals surface area contributed by atoms with Gasteiger partial charge in [-0.05, 0) is 18.6 Å². The number of aliphatic carboxylic acids is 1. The van der Waals surface area contributed by atoms with Gasteiger partial charge in [-0.1, -0.05) is 0 Å². The van der Waals surface area contributed by atoms with Gasteiger partial charge in [-0.3, -0.25) is 9.59 Å². The molecule has 2 aliphatic rings. The van der Waals surface area contributed by atoms with E-state index in [1.54, 1.807) is 17.0 Å². The van der Waals surface area contributed by atoms with Crippen LogP contribution < -0.4 is 0 Å². The first-order valence-corrected chi connectivity index (χ1v) is 6.27. The summed E-state index contributed by atoms with van der Waals surface area (Å²) in [4.78, 5) is 25.4. The zero-order valence-corrected chi connectivity index (χ0v) is 10.4. The number of hydrogen-bond donors (Lipinski definition) is 1. The van der Waals surface area contributed by atoms with Crippen LogP contribution >= 0.6 is 0 Å². The summed E-state index contributed by atoms with van der Waals surface area (Å²) >= 11 is 0. The molecule has 3 rings (SSSR count). The Morgan fingerprint density at radius 3 is 2.95 bits per heavy atom. The third-order valence-electron chi connectivity index (χ3n) is 4.15. The highest BCUT2D eigenvalue weighted by Gasteiger charge is 2.55. The van der Waals surface area contributed by atoms with Crippen molar-refractivity contribution in [3.05, 3.63) is 24.2 Å². The number of carbonyl (C=O) groups is 2. The van der Waals surface area contributed by atoms with E-state index in [0.717, 1.165) is 0 Å². The van der Waals surface area contributed by atoms with Gasteiger partial charge in [0.15, 0.2) is 5.76 Å². The highest BCUT2D eigenvalue weighted by atomic mass is 16.5. The number of rotatable bonds is 2. The molecule has 2 saturated heterocycles. The van der Waals surface area contributed by atoms with Crippen LogP contribution in [-0.2, 0) is 9.53 Å². The third kappa shape index (κ3) is 1.83. The minimum absolute atomic E-state index is 0.141. The van der Waals surface area contributed by atoms with Crippen molar-refractivity contribution in [2.24, 2.45) is 11.3 Å². The number of fused-ring (bicyclic) bond motifs is 1. The van der Waals surface area contributed by atoms with Gasteiger partial charge in [-0.25, -0.2) is 0 Å². The summed E-state index contributed by atoms with van der Waals surface area (Å²) in [6.07, 6.45) is 1.89. The van der Waals surface area contributed by atoms with Crippen LogP contribution in [0.2, 0.25) is 0 Å². The molecule has 2 atom stereocenters. The number of furan rings is 1. The molecule has 19 heavy (non-hydrogen) atoms. The van der Waals surface area contributed by atoms with Crippen LogP contribution in [0.1, 0.15) is 17.0 Å². The van der Waals surface area contributed by atoms with Gasteiger partial charge in [-0.15, -0.1) is 0 Å². The SMILES string of the molecule is O=C(c1ccco1)N1C[C@H]2COCC[C@@]2(C(=O)O)C1. The molecule has 1 N–H and O–H groups in total. The van der Waals surface area contributed by atoms with Crippen molar-refractivity contribution in [1.29, 1.82) is 0 Å². The fourth-order valence-corrected chi connectivity index (χ4v) is 3.01. The number of likely N-dealkylation sites (tertiary alicyclic amines) is 1. The molecular formula is C13H15NO5. The van der Waals surface area contributed by atoms with E-state index in [4.69, 9.17) is 9.15 Å². The van der Waals surface area contributed by atoms with E-state index in [0.29, 0.717) is 26.2 Å². The number of ether oxygens (including phenoxy) is 1. The second kappa shape index (κ2) is 4.38. The molecule has 3 heterocycles. The van der Waals surface area contributed by atoms with Gasteiger partial charge in [0, 0.05) is 25.6 Å². The molecule has 0 spiro atoms. The zero-order valence-electron chi connectivity index (χ0n) is 10.4. The fourth-order valence-electron chi connectivity index (χ4n) is 3.01. The molecule has 6 heteroatoms. The Hall–Kier alpha value is -1.82. The van der Waals surface area contributed by atoms with Gasteiger partial charge < -0.3 is 19.2 Å². The standard InChI is InChI=1S/C13H15NO5/c15-11(10-2-1-4-19-10)14-6-9-7-18-5-3-13(9,8-14)12(16)17/h1-2,4,9H,3,5-8H2,(H,16,17)/t9-,13+/m0/s1. The molecule has 0 aliphatic carbocycles. The molecule has 102 valence electrons. The molecule has 0 radical (unpaired) electrons. The molecule has 6 nitrogen and oxygen atoms in total. The van der Waals surface area contributed by atoms with Crippen molar-refractivity contribution in [2.75, 3.05) is 26.3 Å². The second-order valence-electron chi connectivity index (χ2n) is 5.15. The van der Waals surface area contributed by atoms with Crippen molar-refractivity contribution in [2.45, 2.75) is 6.42 Å².